The number of carbonyl (C=O) groups is 1. The Balaban J connectivity index is 2.37. The number of esters is 1. The molecule has 0 aliphatic carbocycles. The normalized spacial score (nSPS) is 11.8. The summed E-state index contributed by atoms with van der Waals surface area (Å²) in [6, 6.07) is 24.9. The Labute approximate surface area is 165 Å². The molecule has 0 bridgehead atoms. The van der Waals surface area contributed by atoms with Gasteiger partial charge in [0, 0.05) is 0 Å². The monoisotopic (exact) mass is 414 g/mol. The predicted molar refractivity (Wildman–Crippen MR) is 110 cm³/mol. The molecule has 7 heteroatoms. The maximum Gasteiger partial charge on any atom is 0.344 e. The molecule has 0 saturated heterocycles. The molecule has 5 nitrogen and oxygen atoms in total. The second kappa shape index (κ2) is 8.23. The molecule has 3 aromatic carbocycles. The first-order chi connectivity index (χ1) is 13.4. The summed E-state index contributed by atoms with van der Waals surface area (Å²) >= 11 is 0. The summed E-state index contributed by atoms with van der Waals surface area (Å²) in [6.45, 7) is 0. The summed E-state index contributed by atoms with van der Waals surface area (Å²) in [5.41, 5.74) is 0. The maximum absolute atomic E-state index is 12.5. The Kier molecular flexibility index (Phi) is 5.94. The van der Waals surface area contributed by atoms with Gasteiger partial charge in [0.15, 0.2) is 6.16 Å². The summed E-state index contributed by atoms with van der Waals surface area (Å²) in [7, 11) is -5.91. The molecule has 0 saturated carbocycles. The van der Waals surface area contributed by atoms with Crippen LogP contribution in [0.5, 0.6) is 0 Å². The number of rotatable bonds is 6. The lowest BCUT2D eigenvalue weighted by Crippen LogP contribution is -2.36. The third-order valence-electron chi connectivity index (χ3n) is 4.53. The molecule has 0 amide bonds. The fourth-order valence-corrected chi connectivity index (χ4v) is 7.85. The van der Waals surface area contributed by atoms with Crippen LogP contribution >= 0.6 is 7.26 Å². The van der Waals surface area contributed by atoms with Crippen molar-refractivity contribution < 1.29 is 22.5 Å². The number of benzene rings is 3. The van der Waals surface area contributed by atoms with E-state index < -0.39 is 23.3 Å². The van der Waals surface area contributed by atoms with E-state index in [2.05, 4.69) is 0 Å². The van der Waals surface area contributed by atoms with Crippen LogP contribution in [0.4, 0.5) is 0 Å². The lowest BCUT2D eigenvalue weighted by atomic mass is 10.3. The van der Waals surface area contributed by atoms with Crippen molar-refractivity contribution >= 4 is 39.3 Å². The fraction of sp³-hybridized carbons (Fsp3) is 0.0952. The highest BCUT2D eigenvalue weighted by molar-refractivity contribution is 7.96. The van der Waals surface area contributed by atoms with Crippen LogP contribution in [0.1, 0.15) is 0 Å². The quantitative estimate of drug-likeness (QED) is 0.350. The highest BCUT2D eigenvalue weighted by atomic mass is 32.2. The van der Waals surface area contributed by atoms with Gasteiger partial charge in [-0.2, -0.15) is 0 Å². The van der Waals surface area contributed by atoms with Crippen molar-refractivity contribution in [2.45, 2.75) is 4.90 Å². The Morgan fingerprint density at radius 1 is 0.857 bits per heavy atom. The molecule has 0 aliphatic heterocycles. The van der Waals surface area contributed by atoms with Crippen LogP contribution in [0.2, 0.25) is 0 Å². The topological polar surface area (TPSA) is 83.5 Å². The van der Waals surface area contributed by atoms with Gasteiger partial charge >= 0.3 is 5.97 Å². The second-order valence-electron chi connectivity index (χ2n) is 6.17. The van der Waals surface area contributed by atoms with Gasteiger partial charge < -0.3 is 9.29 Å². The maximum atomic E-state index is 12.5. The molecular formula is C21H19O5PS. The summed E-state index contributed by atoms with van der Waals surface area (Å²) in [5, 5.41) is 2.42. The minimum atomic E-state index is -4.63. The first-order valence-corrected chi connectivity index (χ1v) is 11.9. The van der Waals surface area contributed by atoms with Crippen LogP contribution < -0.4 is 15.9 Å². The van der Waals surface area contributed by atoms with Crippen molar-refractivity contribution in [2.24, 2.45) is 0 Å². The molecule has 28 heavy (non-hydrogen) atoms. The molecule has 0 N–H and O–H groups in total. The zero-order valence-electron chi connectivity index (χ0n) is 15.2. The molecule has 3 rings (SSSR count). The van der Waals surface area contributed by atoms with E-state index in [1.54, 1.807) is 6.07 Å². The second-order valence-corrected chi connectivity index (χ2v) is 11.0. The summed E-state index contributed by atoms with van der Waals surface area (Å²) in [6.07, 6.45) is 0.0554. The van der Waals surface area contributed by atoms with Crippen molar-refractivity contribution in [3.63, 3.8) is 0 Å². The van der Waals surface area contributed by atoms with E-state index in [1.807, 2.05) is 60.7 Å². The van der Waals surface area contributed by atoms with E-state index >= 15 is 0 Å². The van der Waals surface area contributed by atoms with E-state index in [0.717, 1.165) is 10.6 Å². The molecule has 0 atom stereocenters. The van der Waals surface area contributed by atoms with Crippen LogP contribution in [-0.4, -0.2) is 32.2 Å². The molecule has 0 heterocycles. The highest BCUT2D eigenvalue weighted by Gasteiger charge is 2.48. The van der Waals surface area contributed by atoms with Gasteiger partial charge in [0.05, 0.1) is 12.0 Å². The zero-order valence-corrected chi connectivity index (χ0v) is 16.9. The SMILES string of the molecule is COC(=O)C[P+](c1ccccc1)(c1ccccc1)c1cccc(S(=O)(=O)[O-])c1. The average Bonchev–Trinajstić information content (AvgIpc) is 2.72. The zero-order chi connectivity index (χ0) is 20.2. The molecule has 144 valence electrons. The third-order valence-corrected chi connectivity index (χ3v) is 9.62. The molecule has 0 aliphatic rings. The molecule has 0 fully saturated rings. The van der Waals surface area contributed by atoms with Crippen molar-refractivity contribution in [2.75, 3.05) is 13.3 Å². The molecule has 3 aromatic rings. The third kappa shape index (κ3) is 3.99. The predicted octanol–water partition coefficient (Wildman–Crippen LogP) is 2.06. The van der Waals surface area contributed by atoms with Crippen molar-refractivity contribution in [3.8, 4) is 0 Å². The van der Waals surface area contributed by atoms with E-state index in [0.29, 0.717) is 5.30 Å². The van der Waals surface area contributed by atoms with Crippen LogP contribution in [0.3, 0.4) is 0 Å². The van der Waals surface area contributed by atoms with Crippen LogP contribution in [0.15, 0.2) is 89.8 Å². The van der Waals surface area contributed by atoms with Gasteiger partial charge in [-0.25, -0.2) is 13.2 Å². The minimum Gasteiger partial charge on any atom is -0.744 e. The lowest BCUT2D eigenvalue weighted by molar-refractivity contribution is -0.137. The number of hydrogen-bond acceptors (Lipinski definition) is 5. The molecular weight excluding hydrogens is 395 g/mol. The van der Waals surface area contributed by atoms with Crippen LogP contribution in [-0.2, 0) is 19.6 Å². The van der Waals surface area contributed by atoms with Gasteiger partial charge in [0.2, 0.25) is 0 Å². The van der Waals surface area contributed by atoms with E-state index in [4.69, 9.17) is 4.74 Å². The molecule has 0 unspecified atom stereocenters. The van der Waals surface area contributed by atoms with Gasteiger partial charge in [-0.15, -0.1) is 0 Å². The molecule has 0 aromatic heterocycles. The van der Waals surface area contributed by atoms with E-state index in [9.17, 15) is 17.8 Å². The lowest BCUT2D eigenvalue weighted by Gasteiger charge is -2.27. The summed E-state index contributed by atoms with van der Waals surface area (Å²) in [5.74, 6) is -0.406. The number of methoxy groups -OCH3 is 1. The summed E-state index contributed by atoms with van der Waals surface area (Å²) in [4.78, 5) is 12.1. The largest absolute Gasteiger partial charge is 0.744 e. The first kappa shape index (κ1) is 20.2. The molecule has 0 spiro atoms. The number of ether oxygens (including phenoxy) is 1. The van der Waals surface area contributed by atoms with Gasteiger partial charge in [-0.3, -0.25) is 0 Å². The van der Waals surface area contributed by atoms with Crippen molar-refractivity contribution in [1.82, 2.24) is 0 Å². The number of carbonyl (C=O) groups excluding carboxylic acids is 1. The molecule has 0 radical (unpaired) electrons. The minimum absolute atomic E-state index is 0.0554. The van der Waals surface area contributed by atoms with Gasteiger partial charge in [-0.05, 0) is 42.5 Å². The Morgan fingerprint density at radius 3 is 1.82 bits per heavy atom. The van der Waals surface area contributed by atoms with E-state index in [1.165, 1.54) is 25.3 Å². The fourth-order valence-electron chi connectivity index (χ4n) is 3.22. The Bertz CT molecular complexity index is 1030. The number of hydrogen-bond donors (Lipinski definition) is 0. The van der Waals surface area contributed by atoms with Crippen LogP contribution in [0, 0.1) is 0 Å². The first-order valence-electron chi connectivity index (χ1n) is 8.50. The van der Waals surface area contributed by atoms with Crippen molar-refractivity contribution in [1.29, 1.82) is 0 Å². The standard InChI is InChI=1S/C21H19O5PS/c1-26-21(22)16-27(17-9-4-2-5-10-17,18-11-6-3-7-12-18)19-13-8-14-20(15-19)28(23,24)25/h2-15H,16H2,1H3. The summed E-state index contributed by atoms with van der Waals surface area (Å²) < 4.78 is 39.9. The van der Waals surface area contributed by atoms with Crippen LogP contribution in [0.25, 0.3) is 0 Å². The van der Waals surface area contributed by atoms with Crippen molar-refractivity contribution in [3.05, 3.63) is 84.9 Å². The smallest absolute Gasteiger partial charge is 0.344 e. The van der Waals surface area contributed by atoms with E-state index in [-0.39, 0.29) is 11.1 Å². The van der Waals surface area contributed by atoms with Gasteiger partial charge in [-0.1, -0.05) is 42.5 Å². The highest BCUT2D eigenvalue weighted by Crippen LogP contribution is 2.55. The Morgan fingerprint density at radius 2 is 1.36 bits per heavy atom. The average molecular weight is 414 g/mol. The van der Waals surface area contributed by atoms with Gasteiger partial charge in [0.1, 0.15) is 33.3 Å². The Hall–Kier alpha value is -2.53. The van der Waals surface area contributed by atoms with Gasteiger partial charge in [0.25, 0.3) is 0 Å².